The topological polar surface area (TPSA) is 59.4 Å². The molecule has 0 bridgehead atoms. The van der Waals surface area contributed by atoms with E-state index in [9.17, 15) is 22.4 Å². The van der Waals surface area contributed by atoms with Gasteiger partial charge < -0.3 is 15.0 Å². The van der Waals surface area contributed by atoms with Crippen LogP contribution >= 0.6 is 34.8 Å². The zero-order valence-corrected chi connectivity index (χ0v) is 20.6. The van der Waals surface area contributed by atoms with E-state index < -0.39 is 35.5 Å². The first-order valence-corrected chi connectivity index (χ1v) is 11.5. The lowest BCUT2D eigenvalue weighted by atomic mass is 9.88. The number of hydrogen-bond acceptors (Lipinski definition) is 4. The maximum atomic E-state index is 13.2. The fourth-order valence-corrected chi connectivity index (χ4v) is 4.91. The summed E-state index contributed by atoms with van der Waals surface area (Å²) in [4.78, 5) is 13.9. The Bertz CT molecular complexity index is 1040. The third kappa shape index (κ3) is 5.83. The molecule has 1 unspecified atom stereocenters. The average Bonchev–Trinajstić information content (AvgIpc) is 3.07. The average molecular weight is 546 g/mol. The molecule has 34 heavy (non-hydrogen) atoms. The molecule has 2 heterocycles. The van der Waals surface area contributed by atoms with Gasteiger partial charge in [-0.15, -0.1) is 0 Å². The number of piperidine rings is 1. The van der Waals surface area contributed by atoms with Crippen molar-refractivity contribution in [1.29, 1.82) is 0 Å². The van der Waals surface area contributed by atoms with Crippen LogP contribution in [0.25, 0.3) is 0 Å². The van der Waals surface area contributed by atoms with Crippen LogP contribution in [0.2, 0.25) is 15.1 Å². The number of amides is 1. The molecule has 1 aliphatic rings. The molecule has 0 saturated carbocycles. The summed E-state index contributed by atoms with van der Waals surface area (Å²) in [6, 6.07) is 2.69. The number of aromatic nitrogens is 2. The maximum absolute atomic E-state index is 13.2. The van der Waals surface area contributed by atoms with Crippen molar-refractivity contribution in [3.05, 3.63) is 38.6 Å². The van der Waals surface area contributed by atoms with E-state index in [0.29, 0.717) is 41.7 Å². The Labute approximate surface area is 209 Å². The number of alkyl halides is 4. The summed E-state index contributed by atoms with van der Waals surface area (Å²) in [5, 5.41) is 6.54. The molecule has 1 aromatic heterocycles. The number of ether oxygens (including phenoxy) is 1. The number of carbonyl (C=O) groups is 1. The number of benzene rings is 1. The van der Waals surface area contributed by atoms with E-state index in [1.807, 2.05) is 4.90 Å². The molecular weight excluding hydrogens is 523 g/mol. The van der Waals surface area contributed by atoms with E-state index in [1.165, 1.54) is 14.0 Å². The number of rotatable bonds is 7. The first kappa shape index (κ1) is 26.7. The third-order valence-electron chi connectivity index (χ3n) is 5.91. The number of halogens is 7. The molecule has 3 rings (SSSR count). The summed E-state index contributed by atoms with van der Waals surface area (Å²) < 4.78 is 58.9. The molecule has 6 nitrogen and oxygen atoms in total. The molecule has 0 spiro atoms. The normalized spacial score (nSPS) is 16.0. The van der Waals surface area contributed by atoms with Crippen LogP contribution in [0.5, 0.6) is 5.75 Å². The van der Waals surface area contributed by atoms with E-state index in [2.05, 4.69) is 10.4 Å². The van der Waals surface area contributed by atoms with Crippen LogP contribution in [-0.2, 0) is 17.5 Å². The summed E-state index contributed by atoms with van der Waals surface area (Å²) in [6.45, 7) is 1.19. The maximum Gasteiger partial charge on any atom is 0.436 e. The zero-order chi connectivity index (χ0) is 25.2. The van der Waals surface area contributed by atoms with E-state index in [1.54, 1.807) is 12.1 Å². The van der Waals surface area contributed by atoms with E-state index in [4.69, 9.17) is 39.5 Å². The fraction of sp³-hybridized carbons (Fsp3) is 0.524. The molecule has 0 radical (unpaired) electrons. The van der Waals surface area contributed by atoms with Gasteiger partial charge in [-0.1, -0.05) is 34.8 Å². The van der Waals surface area contributed by atoms with Gasteiger partial charge >= 0.3 is 6.18 Å². The molecular formula is C21H23Cl3F4N4O2. The lowest BCUT2D eigenvalue weighted by Crippen LogP contribution is -2.48. The Kier molecular flexibility index (Phi) is 8.47. The van der Waals surface area contributed by atoms with Gasteiger partial charge in [0.05, 0.1) is 46.1 Å². The van der Waals surface area contributed by atoms with Crippen LogP contribution in [0.4, 0.5) is 23.2 Å². The Morgan fingerprint density at radius 2 is 1.88 bits per heavy atom. The molecule has 188 valence electrons. The highest BCUT2D eigenvalue weighted by molar-refractivity contribution is 6.37. The fourth-order valence-electron chi connectivity index (χ4n) is 4.09. The highest BCUT2D eigenvalue weighted by Crippen LogP contribution is 2.39. The summed E-state index contributed by atoms with van der Waals surface area (Å²) in [5.74, 6) is -0.510. The Morgan fingerprint density at radius 3 is 2.41 bits per heavy atom. The van der Waals surface area contributed by atoms with Gasteiger partial charge in [0.25, 0.3) is 5.91 Å². The third-order valence-corrected chi connectivity index (χ3v) is 6.96. The van der Waals surface area contributed by atoms with Gasteiger partial charge in [0, 0.05) is 19.2 Å². The van der Waals surface area contributed by atoms with Crippen molar-refractivity contribution in [1.82, 2.24) is 15.1 Å². The monoisotopic (exact) mass is 544 g/mol. The molecule has 1 amide bonds. The Hall–Kier alpha value is -1.91. The van der Waals surface area contributed by atoms with Crippen molar-refractivity contribution < 1.29 is 27.1 Å². The van der Waals surface area contributed by atoms with Crippen LogP contribution in [0.15, 0.2) is 12.1 Å². The second-order valence-corrected chi connectivity index (χ2v) is 9.19. The Balaban J connectivity index is 1.78. The van der Waals surface area contributed by atoms with Crippen molar-refractivity contribution in [2.75, 3.05) is 31.8 Å². The van der Waals surface area contributed by atoms with Gasteiger partial charge in [0.2, 0.25) is 0 Å². The van der Waals surface area contributed by atoms with Crippen molar-refractivity contribution >= 4 is 46.4 Å². The van der Waals surface area contributed by atoms with Crippen LogP contribution in [0.3, 0.4) is 0 Å². The smallest absolute Gasteiger partial charge is 0.436 e. The number of methoxy groups -OCH3 is 1. The second kappa shape index (κ2) is 10.8. The lowest BCUT2D eigenvalue weighted by molar-refractivity contribution is -0.141. The number of nitrogens with zero attached hydrogens (tertiary/aromatic N) is 3. The highest BCUT2D eigenvalue weighted by Gasteiger charge is 2.39. The largest absolute Gasteiger partial charge is 0.495 e. The summed E-state index contributed by atoms with van der Waals surface area (Å²) in [7, 11) is 1.50. The van der Waals surface area contributed by atoms with Crippen molar-refractivity contribution in [2.24, 2.45) is 5.92 Å². The van der Waals surface area contributed by atoms with Crippen LogP contribution in [0.1, 0.15) is 24.2 Å². The number of carbonyl (C=O) groups excluding carboxylic acids is 1. The standard InChI is InChI=1S/C21H23Cl3F4N4O2/c1-11-19(24)20(21(26,27)28)30-32(11)10-15(29-18(33)9-25)12-3-5-31(6-4-12)16-8-17(34-2)14(23)7-13(16)22/h7-8,12,15H,3-6,9-10H2,1-2H3,(H,29,33). The lowest BCUT2D eigenvalue weighted by Gasteiger charge is -2.38. The summed E-state index contributed by atoms with van der Waals surface area (Å²) >= 11 is 18.3. The molecule has 1 N–H and O–H groups in total. The van der Waals surface area contributed by atoms with E-state index in [0.717, 1.165) is 10.4 Å². The van der Waals surface area contributed by atoms with Gasteiger partial charge in [0.15, 0.2) is 12.4 Å². The van der Waals surface area contributed by atoms with E-state index in [-0.39, 0.29) is 18.2 Å². The zero-order valence-electron chi connectivity index (χ0n) is 18.4. The van der Waals surface area contributed by atoms with Gasteiger partial charge in [-0.2, -0.15) is 18.3 Å². The molecule has 0 aliphatic carbocycles. The van der Waals surface area contributed by atoms with Crippen LogP contribution in [-0.4, -0.2) is 48.6 Å². The van der Waals surface area contributed by atoms with Crippen LogP contribution in [0, 0.1) is 12.8 Å². The minimum Gasteiger partial charge on any atom is -0.495 e. The van der Waals surface area contributed by atoms with Gasteiger partial charge in [-0.05, 0) is 31.7 Å². The van der Waals surface area contributed by atoms with Crippen molar-refractivity contribution in [3.8, 4) is 5.75 Å². The van der Waals surface area contributed by atoms with Crippen LogP contribution < -0.4 is 15.0 Å². The first-order chi connectivity index (χ1) is 16.0. The SMILES string of the molecule is COc1cc(N2CCC(C(Cn3nc(C(F)(F)F)c(Cl)c3C)NC(=O)CF)CC2)c(Cl)cc1Cl. The quantitative estimate of drug-likeness (QED) is 0.464. The molecule has 1 atom stereocenters. The molecule has 1 aromatic carbocycles. The number of nitrogens with one attached hydrogen (secondary N) is 1. The van der Waals surface area contributed by atoms with Crippen molar-refractivity contribution in [2.45, 2.75) is 38.5 Å². The van der Waals surface area contributed by atoms with E-state index >= 15 is 0 Å². The van der Waals surface area contributed by atoms with Gasteiger partial charge in [-0.3, -0.25) is 9.48 Å². The van der Waals surface area contributed by atoms with Gasteiger partial charge in [0.1, 0.15) is 5.75 Å². The molecule has 2 aromatic rings. The highest BCUT2D eigenvalue weighted by atomic mass is 35.5. The minimum atomic E-state index is -4.71. The summed E-state index contributed by atoms with van der Waals surface area (Å²) in [6.07, 6.45) is -3.58. The molecule has 1 saturated heterocycles. The number of hydrogen-bond donors (Lipinski definition) is 1. The van der Waals surface area contributed by atoms with Crippen molar-refractivity contribution in [3.63, 3.8) is 0 Å². The molecule has 1 fully saturated rings. The predicted octanol–water partition coefficient (Wildman–Crippen LogP) is 5.55. The predicted molar refractivity (Wildman–Crippen MR) is 123 cm³/mol. The minimum absolute atomic E-state index is 0.0758. The molecule has 13 heteroatoms. The summed E-state index contributed by atoms with van der Waals surface area (Å²) in [5.41, 5.74) is -0.343. The second-order valence-electron chi connectivity index (χ2n) is 8.00. The number of anilines is 1. The first-order valence-electron chi connectivity index (χ1n) is 10.4. The Morgan fingerprint density at radius 1 is 1.24 bits per heavy atom. The van der Waals surface area contributed by atoms with Gasteiger partial charge in [-0.25, -0.2) is 4.39 Å². The molecule has 1 aliphatic heterocycles.